The van der Waals surface area contributed by atoms with E-state index in [0.29, 0.717) is 12.8 Å². The third-order valence-corrected chi connectivity index (χ3v) is 3.84. The summed E-state index contributed by atoms with van der Waals surface area (Å²) in [5.41, 5.74) is -0.455. The lowest BCUT2D eigenvalue weighted by Gasteiger charge is -2.31. The van der Waals surface area contributed by atoms with Crippen LogP contribution in [0, 0.1) is 11.3 Å². The van der Waals surface area contributed by atoms with Gasteiger partial charge in [-0.05, 0) is 32.3 Å². The maximum absolute atomic E-state index is 12.5. The van der Waals surface area contributed by atoms with E-state index >= 15 is 0 Å². The average Bonchev–Trinajstić information content (AvgIpc) is 2.45. The molecule has 1 rings (SSSR count). The van der Waals surface area contributed by atoms with E-state index < -0.39 is 11.0 Å². The first-order valence-corrected chi connectivity index (χ1v) is 6.71. The van der Waals surface area contributed by atoms with Gasteiger partial charge in [0.15, 0.2) is 0 Å². The molecular weight excluding hydrogens is 236 g/mol. The lowest BCUT2D eigenvalue weighted by Crippen LogP contribution is -2.52. The van der Waals surface area contributed by atoms with E-state index in [1.165, 1.54) is 0 Å². The molecule has 1 aromatic rings. The summed E-state index contributed by atoms with van der Waals surface area (Å²) in [7, 11) is 0. The number of hydrogen-bond donors (Lipinski definition) is 1. The molecule has 0 radical (unpaired) electrons. The first kappa shape index (κ1) is 15.2. The normalized spacial score (nSPS) is 11.7. The summed E-state index contributed by atoms with van der Waals surface area (Å²) in [5, 5.41) is 12.2. The largest absolute Gasteiger partial charge is 0.337 e. The highest BCUT2D eigenvalue weighted by atomic mass is 16.2. The zero-order valence-corrected chi connectivity index (χ0v) is 12.2. The summed E-state index contributed by atoms with van der Waals surface area (Å²) >= 11 is 0. The Balaban J connectivity index is 2.98. The smallest absolute Gasteiger partial charge is 0.231 e. The summed E-state index contributed by atoms with van der Waals surface area (Å²) in [6.07, 6.45) is 1.22. The van der Waals surface area contributed by atoms with Crippen molar-refractivity contribution in [2.75, 3.05) is 0 Å². The number of nitriles is 1. The van der Waals surface area contributed by atoms with Crippen molar-refractivity contribution in [1.29, 1.82) is 5.26 Å². The molecule has 1 N–H and O–H groups in total. The molecule has 0 aliphatic rings. The van der Waals surface area contributed by atoms with E-state index in [4.69, 9.17) is 0 Å². The van der Waals surface area contributed by atoms with E-state index in [2.05, 4.69) is 11.4 Å². The molecule has 102 valence electrons. The van der Waals surface area contributed by atoms with Crippen molar-refractivity contribution >= 4 is 5.91 Å². The third-order valence-electron chi connectivity index (χ3n) is 3.84. The number of nitrogens with zero attached hydrogens (tertiary/aromatic N) is 1. The molecule has 0 heterocycles. The van der Waals surface area contributed by atoms with Gasteiger partial charge in [-0.15, -0.1) is 0 Å². The highest BCUT2D eigenvalue weighted by Gasteiger charge is 2.36. The molecule has 0 spiro atoms. The van der Waals surface area contributed by atoms with Gasteiger partial charge in [0.25, 0.3) is 0 Å². The Labute approximate surface area is 115 Å². The van der Waals surface area contributed by atoms with Crippen molar-refractivity contribution < 1.29 is 4.79 Å². The molecule has 0 unspecified atom stereocenters. The Kier molecular flexibility index (Phi) is 4.72. The molecule has 0 bridgehead atoms. The minimum absolute atomic E-state index is 0.107. The monoisotopic (exact) mass is 258 g/mol. The minimum Gasteiger partial charge on any atom is -0.337 e. The van der Waals surface area contributed by atoms with E-state index in [-0.39, 0.29) is 5.91 Å². The molecule has 19 heavy (non-hydrogen) atoms. The predicted molar refractivity (Wildman–Crippen MR) is 76.5 cm³/mol. The Hall–Kier alpha value is -1.82. The van der Waals surface area contributed by atoms with Crippen LogP contribution in [-0.4, -0.2) is 11.4 Å². The van der Waals surface area contributed by atoms with Crippen molar-refractivity contribution in [1.82, 2.24) is 5.32 Å². The van der Waals surface area contributed by atoms with Crippen LogP contribution in [0.2, 0.25) is 0 Å². The number of rotatable bonds is 5. The van der Waals surface area contributed by atoms with Crippen LogP contribution < -0.4 is 5.32 Å². The van der Waals surface area contributed by atoms with Crippen LogP contribution in [0.4, 0.5) is 0 Å². The maximum atomic E-state index is 12.5. The lowest BCUT2D eigenvalue weighted by atomic mass is 9.82. The molecular formula is C16H22N2O. The first-order chi connectivity index (χ1) is 8.91. The van der Waals surface area contributed by atoms with Crippen molar-refractivity contribution in [3.63, 3.8) is 0 Å². The van der Waals surface area contributed by atoms with Crippen molar-refractivity contribution in [2.45, 2.75) is 51.5 Å². The number of carbonyl (C=O) groups excluding carboxylic acids is 1. The zero-order valence-electron chi connectivity index (χ0n) is 12.2. The van der Waals surface area contributed by atoms with Gasteiger partial charge in [0.05, 0.1) is 11.5 Å². The van der Waals surface area contributed by atoms with Gasteiger partial charge in [0.1, 0.15) is 5.54 Å². The van der Waals surface area contributed by atoms with Crippen molar-refractivity contribution in [3.8, 4) is 6.07 Å². The Bertz CT molecular complexity index is 467. The minimum atomic E-state index is -0.761. The summed E-state index contributed by atoms with van der Waals surface area (Å²) < 4.78 is 0. The molecule has 0 fully saturated rings. The van der Waals surface area contributed by atoms with E-state index in [1.807, 2.05) is 58.0 Å². The van der Waals surface area contributed by atoms with Gasteiger partial charge in [-0.3, -0.25) is 4.79 Å². The lowest BCUT2D eigenvalue weighted by molar-refractivity contribution is -0.127. The number of nitrogens with one attached hydrogen (secondary N) is 1. The second-order valence-corrected chi connectivity index (χ2v) is 5.35. The predicted octanol–water partition coefficient (Wildman–Crippen LogP) is 3.16. The fraction of sp³-hybridized carbons (Fsp3) is 0.500. The Morgan fingerprint density at radius 2 is 1.74 bits per heavy atom. The van der Waals surface area contributed by atoms with Gasteiger partial charge >= 0.3 is 0 Å². The van der Waals surface area contributed by atoms with E-state index in [9.17, 15) is 10.1 Å². The maximum Gasteiger partial charge on any atom is 0.231 e. The molecule has 0 aliphatic carbocycles. The highest BCUT2D eigenvalue weighted by Crippen LogP contribution is 2.25. The second kappa shape index (κ2) is 5.88. The van der Waals surface area contributed by atoms with Crippen molar-refractivity contribution in [3.05, 3.63) is 35.9 Å². The number of hydrogen-bond acceptors (Lipinski definition) is 2. The summed E-state index contributed by atoms with van der Waals surface area (Å²) in [5.74, 6) is -0.107. The molecule has 1 aromatic carbocycles. The molecule has 0 saturated heterocycles. The standard InChI is InChI=1S/C16H22N2O/c1-5-16(6-2,12-17)18-14(19)15(3,4)13-10-8-7-9-11-13/h7-11H,5-6H2,1-4H3,(H,18,19). The molecule has 0 aliphatic heterocycles. The van der Waals surface area contributed by atoms with Crippen LogP contribution >= 0.6 is 0 Å². The van der Waals surface area contributed by atoms with E-state index in [0.717, 1.165) is 5.56 Å². The molecule has 1 amide bonds. The highest BCUT2D eigenvalue weighted by molar-refractivity contribution is 5.88. The fourth-order valence-corrected chi connectivity index (χ4v) is 1.97. The van der Waals surface area contributed by atoms with Crippen LogP contribution in [0.1, 0.15) is 46.1 Å². The van der Waals surface area contributed by atoms with E-state index in [1.54, 1.807) is 0 Å². The SMILES string of the molecule is CCC(C#N)(CC)NC(=O)C(C)(C)c1ccccc1. The van der Waals surface area contributed by atoms with Gasteiger partial charge in [0.2, 0.25) is 5.91 Å². The molecule has 3 heteroatoms. The van der Waals surface area contributed by atoms with Crippen molar-refractivity contribution in [2.24, 2.45) is 0 Å². The molecule has 0 aromatic heterocycles. The van der Waals surface area contributed by atoms with Crippen LogP contribution in [0.5, 0.6) is 0 Å². The molecule has 3 nitrogen and oxygen atoms in total. The average molecular weight is 258 g/mol. The van der Waals surface area contributed by atoms with Gasteiger partial charge in [-0.1, -0.05) is 44.2 Å². The summed E-state index contributed by atoms with van der Waals surface area (Å²) in [6, 6.07) is 11.9. The van der Waals surface area contributed by atoms with Crippen LogP contribution in [0.15, 0.2) is 30.3 Å². The first-order valence-electron chi connectivity index (χ1n) is 6.71. The molecule has 0 saturated carbocycles. The Morgan fingerprint density at radius 1 is 1.21 bits per heavy atom. The number of amides is 1. The van der Waals surface area contributed by atoms with Gasteiger partial charge in [-0.25, -0.2) is 0 Å². The quantitative estimate of drug-likeness (QED) is 0.882. The Morgan fingerprint density at radius 3 is 2.16 bits per heavy atom. The fourth-order valence-electron chi connectivity index (χ4n) is 1.97. The van der Waals surface area contributed by atoms with Crippen LogP contribution in [0.25, 0.3) is 0 Å². The number of carbonyl (C=O) groups is 1. The van der Waals surface area contributed by atoms with Gasteiger partial charge in [0, 0.05) is 0 Å². The van der Waals surface area contributed by atoms with Gasteiger partial charge < -0.3 is 5.32 Å². The summed E-state index contributed by atoms with van der Waals surface area (Å²) in [4.78, 5) is 12.5. The summed E-state index contributed by atoms with van der Waals surface area (Å²) in [6.45, 7) is 7.60. The topological polar surface area (TPSA) is 52.9 Å². The zero-order chi connectivity index (χ0) is 14.5. The molecule has 0 atom stereocenters. The van der Waals surface area contributed by atoms with Crippen LogP contribution in [0.3, 0.4) is 0 Å². The van der Waals surface area contributed by atoms with Crippen LogP contribution in [-0.2, 0) is 10.2 Å². The number of benzene rings is 1. The second-order valence-electron chi connectivity index (χ2n) is 5.35. The third kappa shape index (κ3) is 3.14. The van der Waals surface area contributed by atoms with Gasteiger partial charge in [-0.2, -0.15) is 5.26 Å².